The van der Waals surface area contributed by atoms with E-state index in [9.17, 15) is 9.18 Å². The van der Waals surface area contributed by atoms with Gasteiger partial charge in [0.2, 0.25) is 5.95 Å². The molecule has 2 aromatic carbocycles. The number of para-hydroxylation sites is 1. The zero-order chi connectivity index (χ0) is 21.5. The van der Waals surface area contributed by atoms with Gasteiger partial charge in [0.15, 0.2) is 0 Å². The minimum absolute atomic E-state index is 0.0738. The summed E-state index contributed by atoms with van der Waals surface area (Å²) in [5.41, 5.74) is 3.89. The van der Waals surface area contributed by atoms with Crippen LogP contribution in [0.2, 0.25) is 5.02 Å². The van der Waals surface area contributed by atoms with E-state index in [1.165, 1.54) is 46.1 Å². The summed E-state index contributed by atoms with van der Waals surface area (Å²) in [6.45, 7) is 3.65. The lowest BCUT2D eigenvalue weighted by Gasteiger charge is -2.33. The maximum absolute atomic E-state index is 14.5. The summed E-state index contributed by atoms with van der Waals surface area (Å²) in [5, 5.41) is 6.95. The van der Waals surface area contributed by atoms with E-state index in [0.717, 1.165) is 25.2 Å². The molecule has 3 heterocycles. The summed E-state index contributed by atoms with van der Waals surface area (Å²) in [7, 11) is 0. The number of fused-ring (bicyclic) bond motifs is 2. The lowest BCUT2D eigenvalue weighted by Crippen LogP contribution is -2.41. The van der Waals surface area contributed by atoms with E-state index >= 15 is 0 Å². The monoisotopic (exact) mass is 455 g/mol. The van der Waals surface area contributed by atoms with Crippen LogP contribution in [0.3, 0.4) is 0 Å². The van der Waals surface area contributed by atoms with Gasteiger partial charge in [0.1, 0.15) is 10.8 Å². The van der Waals surface area contributed by atoms with Crippen LogP contribution in [0.15, 0.2) is 47.6 Å². The molecule has 0 radical (unpaired) electrons. The van der Waals surface area contributed by atoms with E-state index in [1.54, 1.807) is 6.07 Å². The van der Waals surface area contributed by atoms with E-state index < -0.39 is 5.82 Å². The Kier molecular flexibility index (Phi) is 5.29. The second-order valence-corrected chi connectivity index (χ2v) is 9.12. The quantitative estimate of drug-likeness (QED) is 0.555. The zero-order valence-electron chi connectivity index (χ0n) is 16.7. The van der Waals surface area contributed by atoms with Crippen LogP contribution in [0.25, 0.3) is 0 Å². The molecule has 0 saturated heterocycles. The Morgan fingerprint density at radius 1 is 1.29 bits per heavy atom. The molecule has 2 aliphatic rings. The number of nitrogens with zero attached hydrogens (tertiary/aromatic N) is 3. The number of anilines is 3. The van der Waals surface area contributed by atoms with Gasteiger partial charge in [-0.2, -0.15) is 0 Å². The van der Waals surface area contributed by atoms with Crippen LogP contribution in [0.4, 0.5) is 21.7 Å². The molecule has 1 amide bonds. The fraction of sp³-hybridized carbons (Fsp3) is 0.227. The molecule has 0 saturated carbocycles. The van der Waals surface area contributed by atoms with Crippen molar-refractivity contribution in [3.63, 3.8) is 0 Å². The van der Waals surface area contributed by atoms with E-state index in [-0.39, 0.29) is 22.0 Å². The number of thioether (sulfide) groups is 1. The van der Waals surface area contributed by atoms with Crippen molar-refractivity contribution in [2.75, 3.05) is 16.8 Å². The molecular formula is C22H19ClFN5OS. The molecule has 3 aromatic rings. The number of aromatic nitrogens is 2. The predicted molar refractivity (Wildman–Crippen MR) is 121 cm³/mol. The van der Waals surface area contributed by atoms with E-state index in [4.69, 9.17) is 11.6 Å². The molecule has 6 nitrogen and oxygen atoms in total. The maximum atomic E-state index is 14.5. The Morgan fingerprint density at radius 2 is 2.16 bits per heavy atom. The fourth-order valence-electron chi connectivity index (χ4n) is 3.86. The van der Waals surface area contributed by atoms with Crippen LogP contribution in [0.1, 0.15) is 28.4 Å². The molecular weight excluding hydrogens is 437 g/mol. The minimum atomic E-state index is -0.544. The molecule has 158 valence electrons. The fourth-order valence-corrected chi connectivity index (χ4v) is 5.15. The number of rotatable bonds is 3. The first-order valence-corrected chi connectivity index (χ1v) is 11.2. The van der Waals surface area contributed by atoms with E-state index in [2.05, 4.69) is 32.7 Å². The zero-order valence-corrected chi connectivity index (χ0v) is 18.2. The molecule has 1 aromatic heterocycles. The molecule has 2 N–H and O–H groups in total. The number of hydrogen-bond acceptors (Lipinski definition) is 6. The summed E-state index contributed by atoms with van der Waals surface area (Å²) in [6.07, 6.45) is 2.50. The number of benzene rings is 2. The lowest BCUT2D eigenvalue weighted by atomic mass is 10.0. The highest BCUT2D eigenvalue weighted by Crippen LogP contribution is 2.40. The third kappa shape index (κ3) is 3.75. The normalized spacial score (nSPS) is 17.8. The van der Waals surface area contributed by atoms with Gasteiger partial charge in [-0.3, -0.25) is 9.69 Å². The first kappa shape index (κ1) is 20.2. The molecule has 0 bridgehead atoms. The molecule has 1 unspecified atom stereocenters. The summed E-state index contributed by atoms with van der Waals surface area (Å²) < 4.78 is 14.5. The van der Waals surface area contributed by atoms with Crippen molar-refractivity contribution in [2.24, 2.45) is 0 Å². The minimum Gasteiger partial charge on any atom is -0.324 e. The summed E-state index contributed by atoms with van der Waals surface area (Å²) in [6, 6.07) is 10.6. The third-order valence-electron chi connectivity index (χ3n) is 5.38. The third-order valence-corrected chi connectivity index (χ3v) is 6.77. The predicted octanol–water partition coefficient (Wildman–Crippen LogP) is 4.76. The van der Waals surface area contributed by atoms with Crippen LogP contribution >= 0.6 is 23.4 Å². The Morgan fingerprint density at radius 3 is 3.00 bits per heavy atom. The molecule has 0 spiro atoms. The van der Waals surface area contributed by atoms with Crippen LogP contribution in [0.5, 0.6) is 0 Å². The molecule has 9 heteroatoms. The first-order chi connectivity index (χ1) is 15.0. The second kappa shape index (κ2) is 8.11. The highest BCUT2D eigenvalue weighted by atomic mass is 35.5. The average molecular weight is 456 g/mol. The summed E-state index contributed by atoms with van der Waals surface area (Å²) in [4.78, 5) is 23.4. The number of nitrogens with one attached hydrogen (secondary N) is 2. The van der Waals surface area contributed by atoms with Crippen molar-refractivity contribution in [1.29, 1.82) is 0 Å². The van der Waals surface area contributed by atoms with Crippen molar-refractivity contribution in [3.8, 4) is 0 Å². The van der Waals surface area contributed by atoms with Gasteiger partial charge in [-0.1, -0.05) is 35.5 Å². The maximum Gasteiger partial charge on any atom is 0.263 e. The van der Waals surface area contributed by atoms with Crippen LogP contribution < -0.4 is 15.5 Å². The van der Waals surface area contributed by atoms with Gasteiger partial charge in [0.05, 0.1) is 21.6 Å². The molecule has 1 atom stereocenters. The van der Waals surface area contributed by atoms with Crippen molar-refractivity contribution >= 4 is 46.6 Å². The van der Waals surface area contributed by atoms with Crippen molar-refractivity contribution in [2.45, 2.75) is 30.3 Å². The molecule has 2 aliphatic heterocycles. The SMILES string of the molecule is CC1Sc2nc(Nc3ccc4c(c3)CNCC4)ncc2C(=O)N1c1c(F)cccc1Cl. The number of carbonyl (C=O) groups is 1. The highest BCUT2D eigenvalue weighted by Gasteiger charge is 2.35. The van der Waals surface area contributed by atoms with Gasteiger partial charge < -0.3 is 10.6 Å². The lowest BCUT2D eigenvalue weighted by molar-refractivity contribution is 0.0978. The molecule has 0 aliphatic carbocycles. The van der Waals surface area contributed by atoms with Crippen molar-refractivity contribution in [1.82, 2.24) is 15.3 Å². The van der Waals surface area contributed by atoms with Crippen LogP contribution in [-0.2, 0) is 13.0 Å². The Bertz CT molecular complexity index is 1170. The Balaban J connectivity index is 1.43. The Labute approximate surface area is 188 Å². The van der Waals surface area contributed by atoms with Crippen molar-refractivity contribution < 1.29 is 9.18 Å². The summed E-state index contributed by atoms with van der Waals surface area (Å²) in [5.74, 6) is -0.509. The van der Waals surface area contributed by atoms with Crippen molar-refractivity contribution in [3.05, 3.63) is 70.1 Å². The van der Waals surface area contributed by atoms with Crippen LogP contribution in [0, 0.1) is 5.82 Å². The first-order valence-electron chi connectivity index (χ1n) is 9.92. The van der Waals surface area contributed by atoms with Crippen LogP contribution in [-0.4, -0.2) is 27.8 Å². The van der Waals surface area contributed by atoms with Gasteiger partial charge >= 0.3 is 0 Å². The molecule has 5 rings (SSSR count). The standard InChI is InChI=1S/C22H19ClFN5OS/c1-12-29(19-17(23)3-2-4-18(19)24)21(30)16-11-26-22(28-20(16)31-12)27-15-6-5-13-7-8-25-10-14(13)9-15/h2-6,9,11-12,25H,7-8,10H2,1H3,(H,26,27,28). The smallest absolute Gasteiger partial charge is 0.263 e. The van der Waals surface area contributed by atoms with E-state index in [0.29, 0.717) is 16.5 Å². The van der Waals surface area contributed by atoms with Gasteiger partial charge in [0.25, 0.3) is 5.91 Å². The largest absolute Gasteiger partial charge is 0.324 e. The average Bonchev–Trinajstić information content (AvgIpc) is 2.75. The van der Waals surface area contributed by atoms with Gasteiger partial charge in [-0.15, -0.1) is 0 Å². The van der Waals surface area contributed by atoms with Gasteiger partial charge in [0, 0.05) is 18.4 Å². The number of amides is 1. The Hall–Kier alpha value is -2.68. The number of halogens is 2. The van der Waals surface area contributed by atoms with Gasteiger partial charge in [-0.25, -0.2) is 14.4 Å². The number of carbonyl (C=O) groups excluding carboxylic acids is 1. The summed E-state index contributed by atoms with van der Waals surface area (Å²) >= 11 is 7.56. The molecule has 0 fully saturated rings. The second-order valence-electron chi connectivity index (χ2n) is 7.41. The topological polar surface area (TPSA) is 70.1 Å². The number of hydrogen-bond donors (Lipinski definition) is 2. The highest BCUT2D eigenvalue weighted by molar-refractivity contribution is 8.00. The van der Waals surface area contributed by atoms with E-state index in [1.807, 2.05) is 13.0 Å². The van der Waals surface area contributed by atoms with Gasteiger partial charge in [-0.05, 0) is 55.3 Å². The molecule has 31 heavy (non-hydrogen) atoms.